The fraction of sp³-hybridized carbons (Fsp3) is 0.462. The molecule has 5 heteroatoms. The molecule has 1 rings (SSSR count). The number of aromatic hydroxyl groups is 1. The molecule has 0 spiro atoms. The smallest absolute Gasteiger partial charge is 0.255 e. The second-order valence-electron chi connectivity index (χ2n) is 3.69. The summed E-state index contributed by atoms with van der Waals surface area (Å²) in [6.45, 7) is 3.73. The summed E-state index contributed by atoms with van der Waals surface area (Å²) in [5.74, 6) is 0.128. The molecule has 1 aromatic carbocycles. The van der Waals surface area contributed by atoms with Crippen LogP contribution in [0.1, 0.15) is 23.7 Å². The Kier molecular flexibility index (Phi) is 6.00. The highest BCUT2D eigenvalue weighted by Crippen LogP contribution is 2.23. The minimum absolute atomic E-state index is 0.0864. The normalized spacial score (nSPS) is 10.1. The van der Waals surface area contributed by atoms with E-state index in [9.17, 15) is 9.90 Å². The fourth-order valence-corrected chi connectivity index (χ4v) is 1.45. The van der Waals surface area contributed by atoms with Gasteiger partial charge in [-0.05, 0) is 25.5 Å². The number of benzene rings is 1. The highest BCUT2D eigenvalue weighted by Gasteiger charge is 2.11. The predicted octanol–water partition coefficient (Wildman–Crippen LogP) is 1.56. The van der Waals surface area contributed by atoms with Gasteiger partial charge in [0.05, 0.1) is 12.7 Å². The Morgan fingerprint density at radius 2 is 2.22 bits per heavy atom. The van der Waals surface area contributed by atoms with Crippen LogP contribution in [0.15, 0.2) is 18.2 Å². The minimum atomic E-state index is -0.299. The summed E-state index contributed by atoms with van der Waals surface area (Å²) in [6.07, 6.45) is 0.747. The maximum Gasteiger partial charge on any atom is 0.255 e. The van der Waals surface area contributed by atoms with Crippen LogP contribution in [0.4, 0.5) is 0 Å². The van der Waals surface area contributed by atoms with Crippen molar-refractivity contribution >= 4 is 5.91 Å². The molecule has 0 fully saturated rings. The quantitative estimate of drug-likeness (QED) is 0.724. The topological polar surface area (TPSA) is 67.8 Å². The number of phenols is 1. The first-order valence-corrected chi connectivity index (χ1v) is 5.92. The van der Waals surface area contributed by atoms with E-state index in [1.807, 2.05) is 6.92 Å². The van der Waals surface area contributed by atoms with Crippen LogP contribution < -0.4 is 10.1 Å². The van der Waals surface area contributed by atoms with Crippen LogP contribution in [0.3, 0.4) is 0 Å². The van der Waals surface area contributed by atoms with E-state index in [-0.39, 0.29) is 17.2 Å². The zero-order valence-corrected chi connectivity index (χ0v) is 10.7. The monoisotopic (exact) mass is 253 g/mol. The van der Waals surface area contributed by atoms with Crippen molar-refractivity contribution in [1.29, 1.82) is 0 Å². The van der Waals surface area contributed by atoms with E-state index >= 15 is 0 Å². The number of hydrogen-bond donors (Lipinski definition) is 2. The lowest BCUT2D eigenvalue weighted by molar-refractivity contribution is 0.0941. The van der Waals surface area contributed by atoms with Gasteiger partial charge in [-0.2, -0.15) is 0 Å². The first kappa shape index (κ1) is 14.3. The molecule has 0 aliphatic carbocycles. The molecule has 1 aromatic rings. The summed E-state index contributed by atoms with van der Waals surface area (Å²) >= 11 is 0. The van der Waals surface area contributed by atoms with Crippen molar-refractivity contribution in [2.45, 2.75) is 13.3 Å². The van der Waals surface area contributed by atoms with Crippen LogP contribution in [0, 0.1) is 0 Å². The first-order chi connectivity index (χ1) is 8.69. The standard InChI is InChI=1S/C13H19NO4/c1-3-18-8-4-7-14-13(16)11-6-5-10(17-2)9-12(11)15/h5-6,9,15H,3-4,7-8H2,1-2H3,(H,14,16). The van der Waals surface area contributed by atoms with Gasteiger partial charge in [-0.1, -0.05) is 0 Å². The lowest BCUT2D eigenvalue weighted by Gasteiger charge is -2.08. The van der Waals surface area contributed by atoms with Gasteiger partial charge >= 0.3 is 0 Å². The van der Waals surface area contributed by atoms with Gasteiger partial charge in [-0.25, -0.2) is 0 Å². The summed E-state index contributed by atoms with van der Waals surface area (Å²) in [5.41, 5.74) is 0.243. The van der Waals surface area contributed by atoms with Crippen LogP contribution in [0.2, 0.25) is 0 Å². The molecule has 0 unspecified atom stereocenters. The molecule has 0 saturated carbocycles. The molecule has 18 heavy (non-hydrogen) atoms. The molecular weight excluding hydrogens is 234 g/mol. The zero-order valence-electron chi connectivity index (χ0n) is 10.7. The largest absolute Gasteiger partial charge is 0.507 e. The number of phenolic OH excluding ortho intramolecular Hbond substituents is 1. The number of rotatable bonds is 7. The van der Waals surface area contributed by atoms with Gasteiger partial charge in [0.1, 0.15) is 11.5 Å². The van der Waals surface area contributed by atoms with Gasteiger partial charge in [-0.3, -0.25) is 4.79 Å². The predicted molar refractivity (Wildman–Crippen MR) is 68.1 cm³/mol. The maximum absolute atomic E-state index is 11.7. The van der Waals surface area contributed by atoms with Crippen molar-refractivity contribution in [3.63, 3.8) is 0 Å². The van der Waals surface area contributed by atoms with E-state index in [2.05, 4.69) is 5.32 Å². The average molecular weight is 253 g/mol. The minimum Gasteiger partial charge on any atom is -0.507 e. The molecule has 0 atom stereocenters. The maximum atomic E-state index is 11.7. The van der Waals surface area contributed by atoms with Gasteiger partial charge in [0, 0.05) is 25.8 Å². The van der Waals surface area contributed by atoms with Crippen molar-refractivity contribution in [3.05, 3.63) is 23.8 Å². The Morgan fingerprint density at radius 1 is 1.44 bits per heavy atom. The van der Waals surface area contributed by atoms with Gasteiger partial charge < -0.3 is 19.9 Å². The van der Waals surface area contributed by atoms with Gasteiger partial charge in [0.15, 0.2) is 0 Å². The van der Waals surface area contributed by atoms with E-state index < -0.39 is 0 Å². The Hall–Kier alpha value is -1.75. The number of carbonyl (C=O) groups is 1. The molecule has 2 N–H and O–H groups in total. The van der Waals surface area contributed by atoms with Gasteiger partial charge in [0.25, 0.3) is 5.91 Å². The molecule has 0 aliphatic heterocycles. The molecule has 0 radical (unpaired) electrons. The Balaban J connectivity index is 2.46. The van der Waals surface area contributed by atoms with Crippen LogP contribution in [0.25, 0.3) is 0 Å². The van der Waals surface area contributed by atoms with Crippen molar-refractivity contribution < 1.29 is 19.4 Å². The molecule has 100 valence electrons. The molecule has 0 heterocycles. The summed E-state index contributed by atoms with van der Waals surface area (Å²) in [7, 11) is 1.50. The third-order valence-electron chi connectivity index (χ3n) is 2.40. The van der Waals surface area contributed by atoms with E-state index in [1.54, 1.807) is 6.07 Å². The van der Waals surface area contributed by atoms with Crippen LogP contribution in [-0.2, 0) is 4.74 Å². The zero-order chi connectivity index (χ0) is 13.4. The Morgan fingerprint density at radius 3 is 2.83 bits per heavy atom. The number of carbonyl (C=O) groups excluding carboxylic acids is 1. The Bertz CT molecular complexity index is 393. The van der Waals surface area contributed by atoms with Crippen molar-refractivity contribution in [2.24, 2.45) is 0 Å². The van der Waals surface area contributed by atoms with Crippen LogP contribution in [-0.4, -0.2) is 37.9 Å². The summed E-state index contributed by atoms with van der Waals surface area (Å²) in [5, 5.41) is 12.4. The van der Waals surface area contributed by atoms with Crippen molar-refractivity contribution in [1.82, 2.24) is 5.32 Å². The molecule has 0 saturated heterocycles. The highest BCUT2D eigenvalue weighted by molar-refractivity contribution is 5.96. The number of amides is 1. The summed E-state index contributed by atoms with van der Waals surface area (Å²) in [6, 6.07) is 4.58. The lowest BCUT2D eigenvalue weighted by atomic mass is 10.2. The number of hydrogen-bond acceptors (Lipinski definition) is 4. The van der Waals surface area contributed by atoms with Crippen LogP contribution in [0.5, 0.6) is 11.5 Å². The Labute approximate surface area is 107 Å². The molecule has 0 aromatic heterocycles. The molecule has 5 nitrogen and oxygen atoms in total. The van der Waals surface area contributed by atoms with Crippen LogP contribution >= 0.6 is 0 Å². The third-order valence-corrected chi connectivity index (χ3v) is 2.40. The average Bonchev–Trinajstić information content (AvgIpc) is 2.38. The molecule has 0 aliphatic rings. The SMILES string of the molecule is CCOCCCNC(=O)c1ccc(OC)cc1O. The number of ether oxygens (including phenoxy) is 2. The van der Waals surface area contributed by atoms with Gasteiger partial charge in [0.2, 0.25) is 0 Å². The molecular formula is C13H19NO4. The van der Waals surface area contributed by atoms with E-state index in [0.29, 0.717) is 25.5 Å². The second-order valence-corrected chi connectivity index (χ2v) is 3.69. The summed E-state index contributed by atoms with van der Waals surface area (Å²) in [4.78, 5) is 11.7. The lowest BCUT2D eigenvalue weighted by Crippen LogP contribution is -2.25. The fourth-order valence-electron chi connectivity index (χ4n) is 1.45. The van der Waals surface area contributed by atoms with E-state index in [0.717, 1.165) is 6.42 Å². The van der Waals surface area contributed by atoms with Gasteiger partial charge in [-0.15, -0.1) is 0 Å². The van der Waals surface area contributed by atoms with E-state index in [1.165, 1.54) is 19.2 Å². The van der Waals surface area contributed by atoms with E-state index in [4.69, 9.17) is 9.47 Å². The summed E-state index contributed by atoms with van der Waals surface area (Å²) < 4.78 is 10.1. The second kappa shape index (κ2) is 7.55. The highest BCUT2D eigenvalue weighted by atomic mass is 16.5. The molecule has 0 bridgehead atoms. The van der Waals surface area contributed by atoms with Crippen molar-refractivity contribution in [2.75, 3.05) is 26.9 Å². The van der Waals surface area contributed by atoms with Crippen molar-refractivity contribution in [3.8, 4) is 11.5 Å². The third kappa shape index (κ3) is 4.25. The number of nitrogens with one attached hydrogen (secondary N) is 1. The number of methoxy groups -OCH3 is 1. The first-order valence-electron chi connectivity index (χ1n) is 5.92. The molecule has 1 amide bonds.